The molecule has 3 atom stereocenters. The minimum absolute atomic E-state index is 0.0224. The summed E-state index contributed by atoms with van der Waals surface area (Å²) >= 11 is 0. The zero-order valence-corrected chi connectivity index (χ0v) is 22.0. The minimum atomic E-state index is -3.50. The Morgan fingerprint density at radius 3 is 2.61 bits per heavy atom. The summed E-state index contributed by atoms with van der Waals surface area (Å²) in [5.74, 6) is -0.124. The average molecular weight is 524 g/mol. The van der Waals surface area contributed by atoms with Crippen molar-refractivity contribution in [2.75, 3.05) is 43.6 Å². The van der Waals surface area contributed by atoms with E-state index in [1.807, 2.05) is 6.92 Å². The molecule has 3 amide bonds. The molecule has 1 aromatic heterocycles. The number of urea groups is 1. The van der Waals surface area contributed by atoms with Crippen LogP contribution in [0.4, 0.5) is 16.2 Å². The number of benzene rings is 1. The summed E-state index contributed by atoms with van der Waals surface area (Å²) in [6.07, 6.45) is 0.447. The van der Waals surface area contributed by atoms with Crippen LogP contribution in [-0.4, -0.2) is 85.0 Å². The Morgan fingerprint density at radius 2 is 2.03 bits per heavy atom. The van der Waals surface area contributed by atoms with Gasteiger partial charge in [0.05, 0.1) is 36.7 Å². The van der Waals surface area contributed by atoms with Crippen molar-refractivity contribution in [3.63, 3.8) is 0 Å². The molecule has 0 saturated carbocycles. The summed E-state index contributed by atoms with van der Waals surface area (Å²) in [7, 11) is -2.05. The molecular formula is C23H33N5O7S. The second kappa shape index (κ2) is 10.8. The van der Waals surface area contributed by atoms with Crippen LogP contribution in [0, 0.1) is 19.8 Å². The number of anilines is 2. The van der Waals surface area contributed by atoms with E-state index in [9.17, 15) is 23.1 Å². The lowest BCUT2D eigenvalue weighted by molar-refractivity contribution is 0.0389. The van der Waals surface area contributed by atoms with Crippen molar-refractivity contribution in [3.8, 4) is 5.75 Å². The fourth-order valence-electron chi connectivity index (χ4n) is 3.88. The molecule has 1 aliphatic rings. The number of amides is 3. The Labute approximate surface area is 210 Å². The predicted molar refractivity (Wildman–Crippen MR) is 134 cm³/mol. The van der Waals surface area contributed by atoms with Gasteiger partial charge in [-0.15, -0.1) is 0 Å². The molecule has 0 saturated heterocycles. The number of likely N-dealkylation sites (N-methyl/N-ethyl adjacent to an activating group) is 1. The molecule has 2 heterocycles. The molecule has 1 aliphatic heterocycles. The van der Waals surface area contributed by atoms with E-state index in [-0.39, 0.29) is 48.5 Å². The molecule has 198 valence electrons. The number of fused-ring (bicyclic) bond motifs is 1. The third-order valence-electron chi connectivity index (χ3n) is 6.21. The highest BCUT2D eigenvalue weighted by molar-refractivity contribution is 7.88. The number of para-hydroxylation sites is 1. The summed E-state index contributed by atoms with van der Waals surface area (Å²) in [5.41, 5.74) is 1.34. The van der Waals surface area contributed by atoms with Crippen molar-refractivity contribution in [2.24, 2.45) is 5.92 Å². The smallest absolute Gasteiger partial charge is 0.323 e. The first-order valence-corrected chi connectivity index (χ1v) is 13.3. The molecular weight excluding hydrogens is 490 g/mol. The maximum absolute atomic E-state index is 13.5. The van der Waals surface area contributed by atoms with Crippen LogP contribution in [0.5, 0.6) is 5.75 Å². The number of aliphatic hydroxyl groups is 1. The van der Waals surface area contributed by atoms with E-state index in [1.54, 1.807) is 39.0 Å². The number of carbonyl (C=O) groups is 2. The first kappa shape index (κ1) is 27.4. The molecule has 3 rings (SSSR count). The van der Waals surface area contributed by atoms with Gasteiger partial charge in [0, 0.05) is 19.5 Å². The summed E-state index contributed by atoms with van der Waals surface area (Å²) in [6.45, 7) is 6.94. The normalized spacial score (nSPS) is 19.2. The number of sulfonamides is 1. The molecule has 1 aromatic carbocycles. The number of aromatic nitrogens is 1. The van der Waals surface area contributed by atoms with Crippen molar-refractivity contribution >= 4 is 33.3 Å². The van der Waals surface area contributed by atoms with E-state index in [0.717, 1.165) is 6.26 Å². The lowest BCUT2D eigenvalue weighted by Gasteiger charge is -2.38. The zero-order valence-electron chi connectivity index (χ0n) is 21.2. The van der Waals surface area contributed by atoms with Crippen molar-refractivity contribution in [1.82, 2.24) is 14.4 Å². The minimum Gasteiger partial charge on any atom is -0.486 e. The number of hydrogen-bond acceptors (Lipinski definition) is 8. The number of ether oxygens (including phenoxy) is 1. The van der Waals surface area contributed by atoms with Crippen molar-refractivity contribution in [2.45, 2.75) is 39.8 Å². The number of rotatable bonds is 7. The lowest BCUT2D eigenvalue weighted by Crippen LogP contribution is -2.50. The largest absolute Gasteiger partial charge is 0.486 e. The Kier molecular flexibility index (Phi) is 8.26. The van der Waals surface area contributed by atoms with Gasteiger partial charge >= 0.3 is 6.03 Å². The van der Waals surface area contributed by atoms with Crippen molar-refractivity contribution in [1.29, 1.82) is 0 Å². The molecule has 2 aromatic rings. The van der Waals surface area contributed by atoms with E-state index in [1.165, 1.54) is 16.3 Å². The third kappa shape index (κ3) is 5.97. The Hall–Kier alpha value is -3.16. The third-order valence-corrected chi connectivity index (χ3v) is 7.50. The molecule has 0 radical (unpaired) electrons. The van der Waals surface area contributed by atoms with Crippen LogP contribution >= 0.6 is 0 Å². The molecule has 12 nitrogen and oxygen atoms in total. The Bertz CT molecular complexity index is 1210. The van der Waals surface area contributed by atoms with E-state index in [0.29, 0.717) is 17.1 Å². The Morgan fingerprint density at radius 1 is 1.33 bits per heavy atom. The number of aliphatic hydroxyl groups excluding tert-OH is 1. The van der Waals surface area contributed by atoms with Gasteiger partial charge in [0.1, 0.15) is 17.5 Å². The van der Waals surface area contributed by atoms with Gasteiger partial charge in [-0.05, 0) is 32.9 Å². The van der Waals surface area contributed by atoms with E-state index in [4.69, 9.17) is 9.26 Å². The second-order valence-corrected chi connectivity index (χ2v) is 11.2. The summed E-state index contributed by atoms with van der Waals surface area (Å²) in [5, 5.41) is 19.0. The fourth-order valence-corrected chi connectivity index (χ4v) is 4.29. The van der Waals surface area contributed by atoms with Crippen LogP contribution in [0.1, 0.15) is 35.7 Å². The molecule has 13 heteroatoms. The molecule has 0 spiro atoms. The maximum Gasteiger partial charge on any atom is 0.323 e. The highest BCUT2D eigenvalue weighted by atomic mass is 32.2. The van der Waals surface area contributed by atoms with Gasteiger partial charge in [0.15, 0.2) is 11.5 Å². The summed E-state index contributed by atoms with van der Waals surface area (Å²) in [6, 6.07) is 3.67. The van der Waals surface area contributed by atoms with Gasteiger partial charge in [0.25, 0.3) is 5.91 Å². The monoisotopic (exact) mass is 523 g/mol. The van der Waals surface area contributed by atoms with Crippen LogP contribution in [0.15, 0.2) is 22.7 Å². The predicted octanol–water partition coefficient (Wildman–Crippen LogP) is 2.05. The number of aryl methyl sites for hydroxylation is 2. The van der Waals surface area contributed by atoms with Gasteiger partial charge in [-0.1, -0.05) is 18.1 Å². The van der Waals surface area contributed by atoms with Crippen molar-refractivity contribution < 1.29 is 32.4 Å². The van der Waals surface area contributed by atoms with Crippen LogP contribution in [0.3, 0.4) is 0 Å². The lowest BCUT2D eigenvalue weighted by atomic mass is 9.99. The summed E-state index contributed by atoms with van der Waals surface area (Å²) in [4.78, 5) is 27.8. The highest BCUT2D eigenvalue weighted by Crippen LogP contribution is 2.35. The topological polar surface area (TPSA) is 154 Å². The SMILES string of the molecule is Cc1noc(C)c1NC(=O)Nc1cccc2c1O[C@H](CN(C)S(C)(=O)=O)[C@@H](C)CN([C@@H](C)CO)C2=O. The van der Waals surface area contributed by atoms with Crippen molar-refractivity contribution in [3.05, 3.63) is 35.2 Å². The first-order valence-electron chi connectivity index (χ1n) is 11.5. The number of hydrogen-bond donors (Lipinski definition) is 3. The maximum atomic E-state index is 13.5. The quantitative estimate of drug-likeness (QED) is 0.498. The van der Waals surface area contributed by atoms with Crippen LogP contribution in [0.25, 0.3) is 0 Å². The summed E-state index contributed by atoms with van der Waals surface area (Å²) < 4.78 is 36.7. The van der Waals surface area contributed by atoms with E-state index < -0.39 is 28.2 Å². The molecule has 0 unspecified atom stereocenters. The highest BCUT2D eigenvalue weighted by Gasteiger charge is 2.35. The number of nitrogens with one attached hydrogen (secondary N) is 2. The second-order valence-electron chi connectivity index (χ2n) is 9.13. The van der Waals surface area contributed by atoms with Gasteiger partial charge in [-0.3, -0.25) is 4.79 Å². The van der Waals surface area contributed by atoms with E-state index in [2.05, 4.69) is 15.8 Å². The van der Waals surface area contributed by atoms with Gasteiger partial charge in [-0.2, -0.15) is 0 Å². The van der Waals surface area contributed by atoms with Gasteiger partial charge in [-0.25, -0.2) is 17.5 Å². The molecule has 36 heavy (non-hydrogen) atoms. The van der Waals surface area contributed by atoms with Gasteiger partial charge < -0.3 is 29.9 Å². The average Bonchev–Trinajstić information content (AvgIpc) is 3.12. The molecule has 3 N–H and O–H groups in total. The van der Waals surface area contributed by atoms with Gasteiger partial charge in [0.2, 0.25) is 10.0 Å². The van der Waals surface area contributed by atoms with Crippen LogP contribution in [0.2, 0.25) is 0 Å². The first-order chi connectivity index (χ1) is 16.8. The molecule has 0 aliphatic carbocycles. The Balaban J connectivity index is 2.01. The molecule has 0 fully saturated rings. The number of nitrogens with zero attached hydrogens (tertiary/aromatic N) is 3. The zero-order chi connectivity index (χ0) is 26.8. The number of carbonyl (C=O) groups excluding carboxylic acids is 2. The standard InChI is InChI=1S/C23H33N5O7S/c1-13-10-28(14(2)12-29)22(30)17-8-7-9-18(21(17)34-19(13)11-27(5)36(6,32)33)24-23(31)25-20-15(3)26-35-16(20)4/h7-9,13-14,19,29H,10-12H2,1-6H3,(H2,24,25,31)/t13-,14-,19+/m0/s1. The molecule has 0 bridgehead atoms. The van der Waals surface area contributed by atoms with Crippen LogP contribution in [-0.2, 0) is 10.0 Å². The van der Waals surface area contributed by atoms with Crippen LogP contribution < -0.4 is 15.4 Å². The fraction of sp³-hybridized carbons (Fsp3) is 0.522. The van der Waals surface area contributed by atoms with E-state index >= 15 is 0 Å².